The van der Waals surface area contributed by atoms with Crippen LogP contribution in [0.5, 0.6) is 0 Å². The van der Waals surface area contributed by atoms with Gasteiger partial charge in [-0.25, -0.2) is 4.39 Å². The van der Waals surface area contributed by atoms with Gasteiger partial charge in [-0.05, 0) is 25.1 Å². The normalized spacial score (nSPS) is 19.3. The van der Waals surface area contributed by atoms with Crippen molar-refractivity contribution >= 4 is 16.8 Å². The van der Waals surface area contributed by atoms with Crippen LogP contribution < -0.4 is 0 Å². The highest BCUT2D eigenvalue weighted by Crippen LogP contribution is 2.43. The molecule has 1 aromatic carbocycles. The second-order valence-corrected chi connectivity index (χ2v) is 7.29. The van der Waals surface area contributed by atoms with Gasteiger partial charge in [-0.2, -0.15) is 18.3 Å². The van der Waals surface area contributed by atoms with Crippen molar-refractivity contribution in [3.63, 3.8) is 0 Å². The van der Waals surface area contributed by atoms with E-state index in [0.717, 1.165) is 0 Å². The fraction of sp³-hybridized carbons (Fsp3) is 0.389. The molecule has 0 unspecified atom stereocenters. The number of fused-ring (bicyclic) bond motifs is 2. The zero-order valence-corrected chi connectivity index (χ0v) is 15.3. The number of rotatable bonds is 2. The highest BCUT2D eigenvalue weighted by atomic mass is 19.4. The number of alkyl halides is 3. The lowest BCUT2D eigenvalue weighted by molar-refractivity contribution is -0.261. The molecule has 29 heavy (non-hydrogen) atoms. The van der Waals surface area contributed by atoms with Gasteiger partial charge < -0.3 is 14.5 Å². The van der Waals surface area contributed by atoms with Crippen LogP contribution in [-0.4, -0.2) is 44.0 Å². The van der Waals surface area contributed by atoms with Gasteiger partial charge in [0.15, 0.2) is 11.5 Å². The van der Waals surface area contributed by atoms with Gasteiger partial charge in [-0.3, -0.25) is 9.89 Å². The maximum absolute atomic E-state index is 13.6. The summed E-state index contributed by atoms with van der Waals surface area (Å²) in [6.07, 6.45) is -4.94. The Labute approximate surface area is 161 Å². The maximum Gasteiger partial charge on any atom is 0.422 e. The quantitative estimate of drug-likeness (QED) is 0.631. The van der Waals surface area contributed by atoms with Gasteiger partial charge in [-0.15, -0.1) is 0 Å². The molecule has 1 amide bonds. The van der Waals surface area contributed by atoms with Crippen LogP contribution >= 0.6 is 0 Å². The molecule has 0 radical (unpaired) electrons. The minimum Gasteiger partial charge on any atom is -0.375 e. The smallest absolute Gasteiger partial charge is 0.375 e. The van der Waals surface area contributed by atoms with E-state index in [4.69, 9.17) is 4.52 Å². The van der Waals surface area contributed by atoms with Crippen LogP contribution in [0.3, 0.4) is 0 Å². The fourth-order valence-electron chi connectivity index (χ4n) is 3.55. The molecule has 4 rings (SSSR count). The largest absolute Gasteiger partial charge is 0.422 e. The number of aromatic nitrogens is 3. The predicted octanol–water partition coefficient (Wildman–Crippen LogP) is 3.22. The Morgan fingerprint density at radius 1 is 1.38 bits per heavy atom. The zero-order valence-electron chi connectivity index (χ0n) is 15.3. The summed E-state index contributed by atoms with van der Waals surface area (Å²) in [5, 5.41) is 20.3. The third-order valence-corrected chi connectivity index (χ3v) is 5.15. The number of halogens is 4. The first-order valence-corrected chi connectivity index (χ1v) is 8.71. The first-order chi connectivity index (χ1) is 13.5. The highest BCUT2D eigenvalue weighted by molar-refractivity contribution is 6.04. The number of aliphatic hydroxyl groups is 1. The van der Waals surface area contributed by atoms with E-state index >= 15 is 0 Å². The Bertz CT molecular complexity index is 1100. The number of carbonyl (C=O) groups excluding carboxylic acids is 1. The number of aromatic amines is 1. The van der Waals surface area contributed by atoms with E-state index in [0.29, 0.717) is 17.8 Å². The first-order valence-electron chi connectivity index (χ1n) is 8.71. The Morgan fingerprint density at radius 2 is 2.10 bits per heavy atom. The second kappa shape index (κ2) is 6.28. The highest BCUT2D eigenvalue weighted by Gasteiger charge is 2.55. The van der Waals surface area contributed by atoms with Crippen molar-refractivity contribution in [2.45, 2.75) is 38.1 Å². The van der Waals surface area contributed by atoms with E-state index in [-0.39, 0.29) is 30.1 Å². The molecule has 0 spiro atoms. The van der Waals surface area contributed by atoms with Crippen LogP contribution in [-0.2, 0) is 12.1 Å². The molecule has 2 atom stereocenters. The Kier molecular flexibility index (Phi) is 4.19. The van der Waals surface area contributed by atoms with Crippen molar-refractivity contribution in [1.29, 1.82) is 0 Å². The lowest BCUT2D eigenvalue weighted by Crippen LogP contribution is -2.42. The number of nitrogens with zero attached hydrogens (tertiary/aromatic N) is 3. The Morgan fingerprint density at radius 3 is 2.79 bits per heavy atom. The molecule has 1 aliphatic rings. The molecular formula is C18H16F4N4O3. The summed E-state index contributed by atoms with van der Waals surface area (Å²) in [4.78, 5) is 14.3. The van der Waals surface area contributed by atoms with Crippen molar-refractivity contribution in [3.8, 4) is 0 Å². The summed E-state index contributed by atoms with van der Waals surface area (Å²) < 4.78 is 58.3. The lowest BCUT2D eigenvalue weighted by atomic mass is 9.87. The van der Waals surface area contributed by atoms with E-state index in [1.165, 1.54) is 23.1 Å². The summed E-state index contributed by atoms with van der Waals surface area (Å²) in [7, 11) is 0. The number of carbonyl (C=O) groups is 1. The average molecular weight is 412 g/mol. The summed E-state index contributed by atoms with van der Waals surface area (Å²) in [5.74, 6) is -1.58. The van der Waals surface area contributed by atoms with Gasteiger partial charge in [0.05, 0.1) is 12.1 Å². The van der Waals surface area contributed by atoms with Gasteiger partial charge in [0.1, 0.15) is 11.5 Å². The molecule has 2 aromatic heterocycles. The van der Waals surface area contributed by atoms with E-state index in [1.54, 1.807) is 6.92 Å². The average Bonchev–Trinajstić information content (AvgIpc) is 3.24. The molecule has 1 aliphatic heterocycles. The molecule has 0 saturated carbocycles. The van der Waals surface area contributed by atoms with Gasteiger partial charge in [0.25, 0.3) is 5.91 Å². The first kappa shape index (κ1) is 19.4. The predicted molar refractivity (Wildman–Crippen MR) is 91.3 cm³/mol. The molecule has 0 bridgehead atoms. The summed E-state index contributed by atoms with van der Waals surface area (Å²) >= 11 is 0. The summed E-state index contributed by atoms with van der Waals surface area (Å²) in [6.45, 7) is 2.12. The second-order valence-electron chi connectivity index (χ2n) is 7.29. The van der Waals surface area contributed by atoms with Crippen molar-refractivity contribution < 1.29 is 32.0 Å². The molecule has 154 valence electrons. The van der Waals surface area contributed by atoms with E-state index in [1.807, 2.05) is 0 Å². The van der Waals surface area contributed by atoms with Crippen LogP contribution in [0.15, 0.2) is 22.7 Å². The molecule has 0 saturated heterocycles. The Balaban J connectivity index is 1.68. The van der Waals surface area contributed by atoms with Gasteiger partial charge in [0.2, 0.25) is 5.60 Å². The topological polar surface area (TPSA) is 95.3 Å². The van der Waals surface area contributed by atoms with Crippen molar-refractivity contribution in [2.24, 2.45) is 0 Å². The van der Waals surface area contributed by atoms with Crippen LogP contribution in [0.25, 0.3) is 10.9 Å². The molecule has 3 aromatic rings. The number of hydrogen-bond donors (Lipinski definition) is 2. The minimum absolute atomic E-state index is 0.00261. The molecule has 3 heterocycles. The number of nitrogens with one attached hydrogen (secondary N) is 1. The lowest BCUT2D eigenvalue weighted by Gasteiger charge is -2.32. The van der Waals surface area contributed by atoms with Gasteiger partial charge in [0, 0.05) is 23.4 Å². The van der Waals surface area contributed by atoms with E-state index in [9.17, 15) is 27.5 Å². The van der Waals surface area contributed by atoms with E-state index in [2.05, 4.69) is 15.4 Å². The summed E-state index contributed by atoms with van der Waals surface area (Å²) in [5.41, 5.74) is -3.18. The SMILES string of the molecule is C[C@H]1CN(C(=O)c2n[nH]c3ccc(F)cc23)Cc2onc([C@@](C)(O)C(F)(F)F)c21. The fourth-order valence-corrected chi connectivity index (χ4v) is 3.55. The third kappa shape index (κ3) is 2.96. The van der Waals surface area contributed by atoms with Crippen molar-refractivity contribution in [3.05, 3.63) is 46.7 Å². The van der Waals surface area contributed by atoms with Crippen LogP contribution in [0.1, 0.15) is 47.3 Å². The molecule has 7 nitrogen and oxygen atoms in total. The molecule has 0 fully saturated rings. The summed E-state index contributed by atoms with van der Waals surface area (Å²) in [6, 6.07) is 3.86. The monoisotopic (exact) mass is 412 g/mol. The maximum atomic E-state index is 13.6. The molecule has 11 heteroatoms. The number of hydrogen-bond acceptors (Lipinski definition) is 5. The molecular weight excluding hydrogens is 396 g/mol. The standard InChI is InChI=1S/C18H16F4N4O3/c1-8-6-26(16(27)14-10-5-9(19)3-4-11(10)23-24-14)7-12-13(8)15(25-29-12)17(2,28)18(20,21)22/h3-5,8,28H,6-7H2,1-2H3,(H,23,24)/t8-,17+/m0/s1. The van der Waals surface area contributed by atoms with Crippen LogP contribution in [0.2, 0.25) is 0 Å². The Hall–Kier alpha value is -2.95. The van der Waals surface area contributed by atoms with Crippen molar-refractivity contribution in [2.75, 3.05) is 6.54 Å². The minimum atomic E-state index is -4.94. The number of H-pyrrole nitrogens is 1. The van der Waals surface area contributed by atoms with Gasteiger partial charge in [-0.1, -0.05) is 12.1 Å². The number of benzene rings is 1. The number of amides is 1. The van der Waals surface area contributed by atoms with E-state index < -0.39 is 35.1 Å². The van der Waals surface area contributed by atoms with Crippen molar-refractivity contribution in [1.82, 2.24) is 20.3 Å². The van der Waals surface area contributed by atoms with Crippen LogP contribution in [0.4, 0.5) is 17.6 Å². The third-order valence-electron chi connectivity index (χ3n) is 5.15. The zero-order chi connectivity index (χ0) is 21.1. The van der Waals surface area contributed by atoms with Gasteiger partial charge >= 0.3 is 6.18 Å². The molecule has 0 aliphatic carbocycles. The molecule has 2 N–H and O–H groups in total. The van der Waals surface area contributed by atoms with Crippen LogP contribution in [0, 0.1) is 5.82 Å².